The fourth-order valence-corrected chi connectivity index (χ4v) is 1.33. The van der Waals surface area contributed by atoms with E-state index in [2.05, 4.69) is 22.6 Å². The number of hydrogen-bond donors (Lipinski definition) is 0. The Bertz CT molecular complexity index is 220. The molecule has 1 atom stereocenters. The van der Waals surface area contributed by atoms with Gasteiger partial charge < -0.3 is 0 Å². The van der Waals surface area contributed by atoms with Crippen LogP contribution in [0.4, 0.5) is 0 Å². The van der Waals surface area contributed by atoms with Crippen LogP contribution in [-0.4, -0.2) is 0 Å². The maximum atomic E-state index is 10.9. The Morgan fingerprint density at radius 1 is 1.50 bits per heavy atom. The summed E-state index contributed by atoms with van der Waals surface area (Å²) in [4.78, 5) is 0. The van der Waals surface area contributed by atoms with Crippen molar-refractivity contribution in [3.8, 4) is 0 Å². The Labute approximate surface area is 74.2 Å². The Kier molecular flexibility index (Phi) is 2.68. The minimum atomic E-state index is -0.602. The zero-order valence-corrected chi connectivity index (χ0v) is 7.83. The van der Waals surface area contributed by atoms with Crippen molar-refractivity contribution >= 4 is 22.6 Å². The second-order valence-electron chi connectivity index (χ2n) is 2.20. The number of rotatable bonds is 1. The van der Waals surface area contributed by atoms with Gasteiger partial charge in [-0.15, -0.1) is 0 Å². The van der Waals surface area contributed by atoms with Crippen molar-refractivity contribution in [1.29, 1.82) is 0 Å². The van der Waals surface area contributed by atoms with E-state index in [1.54, 1.807) is 6.92 Å². The molecule has 0 saturated heterocycles. The molecule has 1 unspecified atom stereocenters. The lowest BCUT2D eigenvalue weighted by Crippen LogP contribution is -1.88. The smallest absolute Gasteiger partial charge is 0.115 e. The first kappa shape index (κ1) is 8.01. The van der Waals surface area contributed by atoms with Crippen LogP contribution in [0.5, 0.6) is 0 Å². The molecule has 53 valence electrons. The van der Waals surface area contributed by atoms with Crippen LogP contribution in [0.1, 0.15) is 18.6 Å². The van der Waals surface area contributed by atoms with Crippen molar-refractivity contribution in [1.82, 2.24) is 0 Å². The molecule has 0 aromatic heterocycles. The molecule has 10 heavy (non-hydrogen) atoms. The van der Waals surface area contributed by atoms with Crippen LogP contribution in [-0.2, 0) is 5.11 Å². The average Bonchev–Trinajstić information content (AvgIpc) is 1.88. The van der Waals surface area contributed by atoms with Gasteiger partial charge in [-0.05, 0) is 47.2 Å². The molecule has 1 radical (unpaired) electrons. The monoisotopic (exact) mass is 247 g/mol. The topological polar surface area (TPSA) is 19.9 Å². The molecule has 0 heterocycles. The van der Waals surface area contributed by atoms with E-state index in [0.717, 1.165) is 9.13 Å². The summed E-state index contributed by atoms with van der Waals surface area (Å²) in [5, 5.41) is 10.9. The predicted octanol–water partition coefficient (Wildman–Crippen LogP) is 2.78. The molecular weight excluding hydrogens is 239 g/mol. The highest BCUT2D eigenvalue weighted by molar-refractivity contribution is 14.1. The van der Waals surface area contributed by atoms with Crippen molar-refractivity contribution in [2.75, 3.05) is 0 Å². The highest BCUT2D eigenvalue weighted by atomic mass is 127. The van der Waals surface area contributed by atoms with Crippen LogP contribution in [0, 0.1) is 3.57 Å². The standard InChI is InChI=1S/C8H8IO/c1-6(10)7-3-2-4-8(9)5-7/h2-6H,1H3. The molecule has 0 aliphatic rings. The molecule has 0 aliphatic heterocycles. The predicted molar refractivity (Wildman–Crippen MR) is 48.3 cm³/mol. The quantitative estimate of drug-likeness (QED) is 0.680. The lowest BCUT2D eigenvalue weighted by molar-refractivity contribution is 0.106. The van der Waals surface area contributed by atoms with E-state index in [-0.39, 0.29) is 0 Å². The van der Waals surface area contributed by atoms with Crippen molar-refractivity contribution < 1.29 is 5.11 Å². The first-order chi connectivity index (χ1) is 4.70. The molecule has 0 saturated carbocycles. The SMILES string of the molecule is CC([O])c1cccc(I)c1. The normalized spacial score (nSPS) is 13.1. The van der Waals surface area contributed by atoms with Gasteiger partial charge >= 0.3 is 0 Å². The van der Waals surface area contributed by atoms with Gasteiger partial charge in [0.2, 0.25) is 0 Å². The highest BCUT2D eigenvalue weighted by Crippen LogP contribution is 2.14. The maximum Gasteiger partial charge on any atom is 0.115 e. The van der Waals surface area contributed by atoms with E-state index in [1.165, 1.54) is 0 Å². The van der Waals surface area contributed by atoms with Crippen LogP contribution in [0.3, 0.4) is 0 Å². The minimum absolute atomic E-state index is 0.602. The first-order valence-electron chi connectivity index (χ1n) is 3.11. The Balaban J connectivity index is 2.96. The van der Waals surface area contributed by atoms with E-state index in [1.807, 2.05) is 24.3 Å². The van der Waals surface area contributed by atoms with E-state index in [4.69, 9.17) is 0 Å². The number of halogens is 1. The molecule has 0 spiro atoms. The van der Waals surface area contributed by atoms with Crippen LogP contribution in [0.15, 0.2) is 24.3 Å². The van der Waals surface area contributed by atoms with Gasteiger partial charge in [0.05, 0.1) is 0 Å². The highest BCUT2D eigenvalue weighted by Gasteiger charge is 2.00. The number of benzene rings is 1. The summed E-state index contributed by atoms with van der Waals surface area (Å²) < 4.78 is 1.12. The third-order valence-corrected chi connectivity index (χ3v) is 1.99. The van der Waals surface area contributed by atoms with Crippen LogP contribution < -0.4 is 0 Å². The van der Waals surface area contributed by atoms with Gasteiger partial charge in [0.1, 0.15) is 6.10 Å². The Morgan fingerprint density at radius 2 is 2.20 bits per heavy atom. The van der Waals surface area contributed by atoms with Crippen LogP contribution in [0.25, 0.3) is 0 Å². The molecule has 1 rings (SSSR count). The van der Waals surface area contributed by atoms with Crippen molar-refractivity contribution in [3.05, 3.63) is 33.4 Å². The molecular formula is C8H8IO. The largest absolute Gasteiger partial charge is 0.228 e. The summed E-state index contributed by atoms with van der Waals surface area (Å²) in [6, 6.07) is 7.66. The molecule has 1 aromatic rings. The van der Waals surface area contributed by atoms with Crippen LogP contribution >= 0.6 is 22.6 Å². The van der Waals surface area contributed by atoms with Gasteiger partial charge in [0.15, 0.2) is 0 Å². The fourth-order valence-electron chi connectivity index (χ4n) is 0.759. The lowest BCUT2D eigenvalue weighted by atomic mass is 10.1. The van der Waals surface area contributed by atoms with Crippen LogP contribution in [0.2, 0.25) is 0 Å². The van der Waals surface area contributed by atoms with Gasteiger partial charge in [-0.2, -0.15) is 0 Å². The molecule has 0 fully saturated rings. The molecule has 0 aliphatic carbocycles. The average molecular weight is 247 g/mol. The maximum absolute atomic E-state index is 10.9. The molecule has 0 bridgehead atoms. The van der Waals surface area contributed by atoms with E-state index in [0.29, 0.717) is 0 Å². The van der Waals surface area contributed by atoms with Gasteiger partial charge in [-0.3, -0.25) is 0 Å². The van der Waals surface area contributed by atoms with E-state index in [9.17, 15) is 5.11 Å². The van der Waals surface area contributed by atoms with Crippen molar-refractivity contribution in [2.45, 2.75) is 13.0 Å². The number of hydrogen-bond acceptors (Lipinski definition) is 0. The fraction of sp³-hybridized carbons (Fsp3) is 0.250. The van der Waals surface area contributed by atoms with E-state index < -0.39 is 6.10 Å². The molecule has 0 amide bonds. The van der Waals surface area contributed by atoms with Crippen molar-refractivity contribution in [2.24, 2.45) is 0 Å². The zero-order chi connectivity index (χ0) is 7.56. The summed E-state index contributed by atoms with van der Waals surface area (Å²) in [5.74, 6) is 0. The summed E-state index contributed by atoms with van der Waals surface area (Å²) in [7, 11) is 0. The third kappa shape index (κ3) is 1.95. The first-order valence-corrected chi connectivity index (χ1v) is 4.19. The van der Waals surface area contributed by atoms with E-state index >= 15 is 0 Å². The minimum Gasteiger partial charge on any atom is -0.228 e. The summed E-state index contributed by atoms with van der Waals surface area (Å²) in [6.45, 7) is 1.66. The summed E-state index contributed by atoms with van der Waals surface area (Å²) in [5.41, 5.74) is 0.868. The Morgan fingerprint density at radius 3 is 2.60 bits per heavy atom. The molecule has 2 heteroatoms. The van der Waals surface area contributed by atoms with Crippen molar-refractivity contribution in [3.63, 3.8) is 0 Å². The third-order valence-electron chi connectivity index (χ3n) is 1.32. The van der Waals surface area contributed by atoms with Gasteiger partial charge in [-0.25, -0.2) is 5.11 Å². The molecule has 1 nitrogen and oxygen atoms in total. The van der Waals surface area contributed by atoms with Gasteiger partial charge in [0, 0.05) is 3.57 Å². The zero-order valence-electron chi connectivity index (χ0n) is 5.67. The molecule has 1 aromatic carbocycles. The second-order valence-corrected chi connectivity index (χ2v) is 3.44. The Hall–Kier alpha value is -0.0900. The second kappa shape index (κ2) is 3.34. The van der Waals surface area contributed by atoms with Gasteiger partial charge in [0.25, 0.3) is 0 Å². The summed E-state index contributed by atoms with van der Waals surface area (Å²) in [6.07, 6.45) is -0.602. The lowest BCUT2D eigenvalue weighted by Gasteiger charge is -2.00. The molecule has 0 N–H and O–H groups in total. The summed E-state index contributed by atoms with van der Waals surface area (Å²) >= 11 is 2.20. The van der Waals surface area contributed by atoms with Gasteiger partial charge in [-0.1, -0.05) is 12.1 Å².